The number of halogens is 1. The second-order valence-corrected chi connectivity index (χ2v) is 4.51. The Kier molecular flexibility index (Phi) is 4.80. The molecule has 0 bridgehead atoms. The molecule has 4 heteroatoms. The van der Waals surface area contributed by atoms with Crippen LogP contribution in [0.2, 0.25) is 0 Å². The Bertz CT molecular complexity index is 377. The quantitative estimate of drug-likeness (QED) is 0.645. The molecule has 0 atom stereocenters. The maximum atomic E-state index is 7.38. The molecule has 0 aliphatic rings. The number of anilines is 1. The number of hydrogen-bond acceptors (Lipinski definition) is 2. The molecule has 0 fully saturated rings. The van der Waals surface area contributed by atoms with Gasteiger partial charge in [0.2, 0.25) is 0 Å². The molecule has 0 unspecified atom stereocenters. The Hall–Kier alpha value is -1.03. The lowest BCUT2D eigenvalue weighted by molar-refractivity contribution is 0.790. The predicted molar refractivity (Wildman–Crippen MR) is 73.3 cm³/mol. The molecule has 1 aromatic rings. The highest BCUT2D eigenvalue weighted by molar-refractivity contribution is 9.10. The molecule has 0 aromatic heterocycles. The average molecular weight is 284 g/mol. The van der Waals surface area contributed by atoms with Gasteiger partial charge in [-0.15, -0.1) is 0 Å². The number of nitrogens with zero attached hydrogens (tertiary/aromatic N) is 1. The Morgan fingerprint density at radius 1 is 1.44 bits per heavy atom. The fourth-order valence-electron chi connectivity index (χ4n) is 1.65. The van der Waals surface area contributed by atoms with Gasteiger partial charge in [0.15, 0.2) is 0 Å². The topological polar surface area (TPSA) is 53.1 Å². The zero-order chi connectivity index (χ0) is 12.1. The number of benzene rings is 1. The lowest BCUT2D eigenvalue weighted by Gasteiger charge is -2.24. The molecule has 0 saturated heterocycles. The highest BCUT2D eigenvalue weighted by Crippen LogP contribution is 2.27. The minimum absolute atomic E-state index is 0.103. The smallest absolute Gasteiger partial charge is 0.122 e. The van der Waals surface area contributed by atoms with Gasteiger partial charge in [-0.3, -0.25) is 5.41 Å². The van der Waals surface area contributed by atoms with Crippen LogP contribution >= 0.6 is 15.9 Å². The van der Waals surface area contributed by atoms with Crippen molar-refractivity contribution in [1.29, 1.82) is 5.41 Å². The van der Waals surface area contributed by atoms with Gasteiger partial charge in [0, 0.05) is 23.1 Å². The van der Waals surface area contributed by atoms with Gasteiger partial charge in [0.1, 0.15) is 5.84 Å². The van der Waals surface area contributed by atoms with Gasteiger partial charge in [-0.2, -0.15) is 0 Å². The molecule has 0 radical (unpaired) electrons. The second-order valence-electron chi connectivity index (χ2n) is 3.66. The summed E-state index contributed by atoms with van der Waals surface area (Å²) in [4.78, 5) is 2.30. The van der Waals surface area contributed by atoms with Crippen molar-refractivity contribution in [3.8, 4) is 0 Å². The summed E-state index contributed by atoms with van der Waals surface area (Å²) >= 11 is 3.53. The molecule has 16 heavy (non-hydrogen) atoms. The van der Waals surface area contributed by atoms with Crippen LogP contribution < -0.4 is 10.6 Å². The predicted octanol–water partition coefficient (Wildman–Crippen LogP) is 2.97. The van der Waals surface area contributed by atoms with E-state index in [4.69, 9.17) is 11.1 Å². The van der Waals surface area contributed by atoms with Gasteiger partial charge < -0.3 is 10.6 Å². The number of nitrogen functional groups attached to an aromatic ring is 1. The standard InChI is InChI=1S/C12H18BrN3/c1-3-7-16(4-2)11-6-5-9(12(14)15)8-10(11)13/h5-6,8H,3-4,7H2,1-2H3,(H3,14,15). The van der Waals surface area contributed by atoms with Crippen molar-refractivity contribution in [3.63, 3.8) is 0 Å². The van der Waals surface area contributed by atoms with Crippen molar-refractivity contribution >= 4 is 27.5 Å². The van der Waals surface area contributed by atoms with Gasteiger partial charge in [0.25, 0.3) is 0 Å². The first-order chi connectivity index (χ1) is 7.60. The Morgan fingerprint density at radius 2 is 2.12 bits per heavy atom. The van der Waals surface area contributed by atoms with Crippen LogP contribution in [0.3, 0.4) is 0 Å². The molecule has 3 N–H and O–H groups in total. The van der Waals surface area contributed by atoms with Crippen molar-refractivity contribution < 1.29 is 0 Å². The summed E-state index contributed by atoms with van der Waals surface area (Å²) in [6, 6.07) is 5.80. The summed E-state index contributed by atoms with van der Waals surface area (Å²) in [6.45, 7) is 6.32. The van der Waals surface area contributed by atoms with E-state index in [9.17, 15) is 0 Å². The molecule has 0 saturated carbocycles. The summed E-state index contributed by atoms with van der Waals surface area (Å²) in [5.41, 5.74) is 7.36. The third-order valence-corrected chi connectivity index (χ3v) is 3.11. The number of rotatable bonds is 5. The molecule has 0 amide bonds. The molecule has 0 aliphatic heterocycles. The molecule has 0 aliphatic carbocycles. The maximum Gasteiger partial charge on any atom is 0.122 e. The van der Waals surface area contributed by atoms with Gasteiger partial charge in [-0.25, -0.2) is 0 Å². The lowest BCUT2D eigenvalue weighted by atomic mass is 10.2. The van der Waals surface area contributed by atoms with Crippen LogP contribution in [0.25, 0.3) is 0 Å². The van der Waals surface area contributed by atoms with Crippen LogP contribution in [-0.4, -0.2) is 18.9 Å². The monoisotopic (exact) mass is 283 g/mol. The number of nitrogens with two attached hydrogens (primary N) is 1. The van der Waals surface area contributed by atoms with Crippen LogP contribution in [0, 0.1) is 5.41 Å². The van der Waals surface area contributed by atoms with E-state index in [0.717, 1.165) is 35.2 Å². The fraction of sp³-hybridized carbons (Fsp3) is 0.417. The Balaban J connectivity index is 3.01. The van der Waals surface area contributed by atoms with Crippen molar-refractivity contribution in [3.05, 3.63) is 28.2 Å². The highest BCUT2D eigenvalue weighted by Gasteiger charge is 2.08. The van der Waals surface area contributed by atoms with Crippen molar-refractivity contribution in [2.75, 3.05) is 18.0 Å². The van der Waals surface area contributed by atoms with E-state index in [1.165, 1.54) is 0 Å². The van der Waals surface area contributed by atoms with Crippen molar-refractivity contribution in [2.24, 2.45) is 5.73 Å². The number of hydrogen-bond donors (Lipinski definition) is 2. The first-order valence-corrected chi connectivity index (χ1v) is 6.28. The van der Waals surface area contributed by atoms with Crippen molar-refractivity contribution in [2.45, 2.75) is 20.3 Å². The van der Waals surface area contributed by atoms with Gasteiger partial charge in [0.05, 0.1) is 5.69 Å². The third-order valence-electron chi connectivity index (χ3n) is 2.47. The van der Waals surface area contributed by atoms with Crippen LogP contribution in [0.15, 0.2) is 22.7 Å². The summed E-state index contributed by atoms with van der Waals surface area (Å²) in [5, 5.41) is 7.38. The largest absolute Gasteiger partial charge is 0.384 e. The van der Waals surface area contributed by atoms with Gasteiger partial charge in [-0.1, -0.05) is 6.92 Å². The van der Waals surface area contributed by atoms with E-state index in [1.807, 2.05) is 18.2 Å². The van der Waals surface area contributed by atoms with Crippen LogP contribution in [0.1, 0.15) is 25.8 Å². The zero-order valence-electron chi connectivity index (χ0n) is 9.76. The molecule has 1 aromatic carbocycles. The average Bonchev–Trinajstić information content (AvgIpc) is 2.26. The maximum absolute atomic E-state index is 7.38. The third kappa shape index (κ3) is 2.98. The van der Waals surface area contributed by atoms with Crippen LogP contribution in [-0.2, 0) is 0 Å². The molecular weight excluding hydrogens is 266 g/mol. The van der Waals surface area contributed by atoms with E-state index >= 15 is 0 Å². The van der Waals surface area contributed by atoms with E-state index in [0.29, 0.717) is 0 Å². The zero-order valence-corrected chi connectivity index (χ0v) is 11.3. The minimum atomic E-state index is 0.103. The van der Waals surface area contributed by atoms with E-state index in [-0.39, 0.29) is 5.84 Å². The molecular formula is C12H18BrN3. The molecule has 1 rings (SSSR count). The Labute approximate surface area is 105 Å². The summed E-state index contributed by atoms with van der Waals surface area (Å²) < 4.78 is 0.996. The SMILES string of the molecule is CCCN(CC)c1ccc(C(=N)N)cc1Br. The summed E-state index contributed by atoms with van der Waals surface area (Å²) in [6.07, 6.45) is 1.12. The van der Waals surface area contributed by atoms with Gasteiger partial charge in [-0.05, 0) is 47.5 Å². The van der Waals surface area contributed by atoms with E-state index in [2.05, 4.69) is 34.7 Å². The minimum Gasteiger partial charge on any atom is -0.384 e. The first kappa shape index (κ1) is 13.0. The summed E-state index contributed by atoms with van der Waals surface area (Å²) in [7, 11) is 0. The van der Waals surface area contributed by atoms with E-state index in [1.54, 1.807) is 0 Å². The highest BCUT2D eigenvalue weighted by atomic mass is 79.9. The molecule has 88 valence electrons. The number of nitrogens with one attached hydrogen (secondary N) is 1. The molecule has 0 spiro atoms. The Morgan fingerprint density at radius 3 is 2.56 bits per heavy atom. The molecule has 3 nitrogen and oxygen atoms in total. The first-order valence-electron chi connectivity index (χ1n) is 5.49. The number of amidine groups is 1. The van der Waals surface area contributed by atoms with E-state index < -0.39 is 0 Å². The molecule has 0 heterocycles. The normalized spacial score (nSPS) is 10.2. The fourth-order valence-corrected chi connectivity index (χ4v) is 2.28. The van der Waals surface area contributed by atoms with Crippen LogP contribution in [0.5, 0.6) is 0 Å². The second kappa shape index (κ2) is 5.89. The van der Waals surface area contributed by atoms with Crippen molar-refractivity contribution in [1.82, 2.24) is 0 Å². The van der Waals surface area contributed by atoms with Gasteiger partial charge >= 0.3 is 0 Å². The lowest BCUT2D eigenvalue weighted by Crippen LogP contribution is -2.24. The van der Waals surface area contributed by atoms with Crippen LogP contribution in [0.4, 0.5) is 5.69 Å². The summed E-state index contributed by atoms with van der Waals surface area (Å²) in [5.74, 6) is 0.103.